The van der Waals surface area contributed by atoms with Crippen LogP contribution in [0.1, 0.15) is 21.7 Å². The number of benzene rings is 2. The molecule has 0 radical (unpaired) electrons. The lowest BCUT2D eigenvalue weighted by atomic mass is 10.1. The van der Waals surface area contributed by atoms with Crippen LogP contribution in [0.4, 0.5) is 14.5 Å². The van der Waals surface area contributed by atoms with E-state index in [9.17, 15) is 13.6 Å². The largest absolute Gasteiger partial charge is 0.491 e. The molecular formula is C21H21F2N3O3. The van der Waals surface area contributed by atoms with E-state index in [-0.39, 0.29) is 11.6 Å². The van der Waals surface area contributed by atoms with Gasteiger partial charge in [-0.05, 0) is 50.2 Å². The second-order valence-electron chi connectivity index (χ2n) is 6.37. The maximum absolute atomic E-state index is 14.1. The Labute approximate surface area is 167 Å². The van der Waals surface area contributed by atoms with Crippen molar-refractivity contribution < 1.29 is 23.0 Å². The molecule has 0 saturated carbocycles. The number of methoxy groups -OCH3 is 1. The van der Waals surface area contributed by atoms with E-state index < -0.39 is 11.6 Å². The smallest absolute Gasteiger partial charge is 0.259 e. The van der Waals surface area contributed by atoms with Crippen LogP contribution in [-0.2, 0) is 4.74 Å². The molecule has 152 valence electrons. The van der Waals surface area contributed by atoms with E-state index in [0.717, 1.165) is 12.1 Å². The Balaban J connectivity index is 1.78. The summed E-state index contributed by atoms with van der Waals surface area (Å²) < 4.78 is 39.0. The van der Waals surface area contributed by atoms with Crippen LogP contribution in [0.3, 0.4) is 0 Å². The van der Waals surface area contributed by atoms with Crippen LogP contribution in [0.25, 0.3) is 5.69 Å². The highest BCUT2D eigenvalue weighted by molar-refractivity contribution is 6.06. The molecule has 1 aromatic heterocycles. The number of carbonyl (C=O) groups excluding carboxylic acids is 1. The monoisotopic (exact) mass is 401 g/mol. The van der Waals surface area contributed by atoms with Gasteiger partial charge < -0.3 is 14.8 Å². The second kappa shape index (κ2) is 8.83. The quantitative estimate of drug-likeness (QED) is 0.607. The van der Waals surface area contributed by atoms with E-state index in [1.807, 2.05) is 0 Å². The van der Waals surface area contributed by atoms with Gasteiger partial charge >= 0.3 is 0 Å². The van der Waals surface area contributed by atoms with Crippen LogP contribution in [0, 0.1) is 25.5 Å². The Morgan fingerprint density at radius 1 is 1.10 bits per heavy atom. The molecule has 1 N–H and O–H groups in total. The van der Waals surface area contributed by atoms with Crippen molar-refractivity contribution in [2.45, 2.75) is 13.8 Å². The molecule has 3 rings (SSSR count). The standard InChI is InChI=1S/C21H21F2N3O3/c1-13-20(14(2)26(25-13)19-9-4-15(22)12-18(19)23)21(27)24-16-5-7-17(8-6-16)29-11-10-28-3/h4-9,12H,10-11H2,1-3H3,(H,24,27). The minimum Gasteiger partial charge on any atom is -0.491 e. The predicted octanol–water partition coefficient (Wildman–Crippen LogP) is 4.04. The molecule has 8 heteroatoms. The molecule has 3 aromatic rings. The van der Waals surface area contributed by atoms with Crippen LogP contribution < -0.4 is 10.1 Å². The van der Waals surface area contributed by atoms with Gasteiger partial charge in [0.25, 0.3) is 5.91 Å². The van der Waals surface area contributed by atoms with E-state index >= 15 is 0 Å². The first kappa shape index (κ1) is 20.5. The van der Waals surface area contributed by atoms with Gasteiger partial charge in [0.2, 0.25) is 0 Å². The minimum absolute atomic E-state index is 0.0728. The van der Waals surface area contributed by atoms with Gasteiger partial charge in [-0.1, -0.05) is 0 Å². The SMILES string of the molecule is COCCOc1ccc(NC(=O)c2c(C)nn(-c3ccc(F)cc3F)c2C)cc1. The van der Waals surface area contributed by atoms with Crippen LogP contribution in [0.15, 0.2) is 42.5 Å². The number of anilines is 1. The number of nitrogens with one attached hydrogen (secondary N) is 1. The summed E-state index contributed by atoms with van der Waals surface area (Å²) in [5.41, 5.74) is 1.86. The number of amides is 1. The molecule has 0 saturated heterocycles. The van der Waals surface area contributed by atoms with Crippen molar-refractivity contribution >= 4 is 11.6 Å². The van der Waals surface area contributed by atoms with Gasteiger partial charge in [-0.25, -0.2) is 13.5 Å². The average Bonchev–Trinajstić information content (AvgIpc) is 2.97. The highest BCUT2D eigenvalue weighted by Crippen LogP contribution is 2.22. The van der Waals surface area contributed by atoms with Gasteiger partial charge in [0.15, 0.2) is 5.82 Å². The minimum atomic E-state index is -0.758. The van der Waals surface area contributed by atoms with Gasteiger partial charge in [-0.3, -0.25) is 4.79 Å². The van der Waals surface area contributed by atoms with E-state index in [1.54, 1.807) is 45.2 Å². The summed E-state index contributed by atoms with van der Waals surface area (Å²) in [6, 6.07) is 10.1. The molecule has 1 heterocycles. The number of hydrogen-bond donors (Lipinski definition) is 1. The summed E-state index contributed by atoms with van der Waals surface area (Å²) >= 11 is 0. The molecule has 2 aromatic carbocycles. The Kier molecular flexibility index (Phi) is 6.23. The topological polar surface area (TPSA) is 65.4 Å². The fraction of sp³-hybridized carbons (Fsp3) is 0.238. The maximum Gasteiger partial charge on any atom is 0.259 e. The highest BCUT2D eigenvalue weighted by atomic mass is 19.1. The summed E-state index contributed by atoms with van der Waals surface area (Å²) in [6.45, 7) is 4.23. The molecule has 0 fully saturated rings. The first-order chi connectivity index (χ1) is 13.9. The van der Waals surface area contributed by atoms with Crippen molar-refractivity contribution in [3.8, 4) is 11.4 Å². The number of nitrogens with zero attached hydrogens (tertiary/aromatic N) is 2. The van der Waals surface area contributed by atoms with E-state index in [1.165, 1.54) is 10.7 Å². The lowest BCUT2D eigenvalue weighted by molar-refractivity contribution is 0.102. The van der Waals surface area contributed by atoms with Gasteiger partial charge in [0.1, 0.15) is 23.9 Å². The summed E-state index contributed by atoms with van der Waals surface area (Å²) in [4.78, 5) is 12.8. The number of aryl methyl sites for hydroxylation is 1. The Morgan fingerprint density at radius 3 is 2.48 bits per heavy atom. The third-order valence-electron chi connectivity index (χ3n) is 4.32. The molecular weight excluding hydrogens is 380 g/mol. The van der Waals surface area contributed by atoms with Crippen LogP contribution >= 0.6 is 0 Å². The second-order valence-corrected chi connectivity index (χ2v) is 6.37. The van der Waals surface area contributed by atoms with Crippen LogP contribution in [0.5, 0.6) is 5.75 Å². The zero-order chi connectivity index (χ0) is 21.0. The molecule has 0 atom stereocenters. The van der Waals surface area contributed by atoms with Crippen molar-refractivity contribution in [2.75, 3.05) is 25.6 Å². The molecule has 0 aliphatic rings. The van der Waals surface area contributed by atoms with Crippen molar-refractivity contribution in [2.24, 2.45) is 0 Å². The van der Waals surface area contributed by atoms with E-state index in [4.69, 9.17) is 9.47 Å². The Bertz CT molecular complexity index is 1020. The van der Waals surface area contributed by atoms with Crippen LogP contribution in [-0.4, -0.2) is 36.0 Å². The predicted molar refractivity (Wildman–Crippen MR) is 105 cm³/mol. The van der Waals surface area contributed by atoms with Crippen molar-refractivity contribution in [1.82, 2.24) is 9.78 Å². The number of hydrogen-bond acceptors (Lipinski definition) is 4. The van der Waals surface area contributed by atoms with E-state index in [2.05, 4.69) is 10.4 Å². The zero-order valence-corrected chi connectivity index (χ0v) is 16.3. The third-order valence-corrected chi connectivity index (χ3v) is 4.32. The lowest BCUT2D eigenvalue weighted by Crippen LogP contribution is -2.14. The normalized spacial score (nSPS) is 10.8. The number of ether oxygens (including phenoxy) is 2. The lowest BCUT2D eigenvalue weighted by Gasteiger charge is -2.09. The summed E-state index contributed by atoms with van der Waals surface area (Å²) in [7, 11) is 1.60. The Morgan fingerprint density at radius 2 is 1.83 bits per heavy atom. The van der Waals surface area contributed by atoms with Gasteiger partial charge in [-0.2, -0.15) is 5.10 Å². The highest BCUT2D eigenvalue weighted by Gasteiger charge is 2.21. The summed E-state index contributed by atoms with van der Waals surface area (Å²) in [6.07, 6.45) is 0. The number of rotatable bonds is 7. The zero-order valence-electron chi connectivity index (χ0n) is 16.3. The molecule has 0 aliphatic heterocycles. The maximum atomic E-state index is 14.1. The number of halogens is 2. The Hall–Kier alpha value is -3.26. The molecule has 6 nitrogen and oxygen atoms in total. The van der Waals surface area contributed by atoms with Gasteiger partial charge in [-0.15, -0.1) is 0 Å². The van der Waals surface area contributed by atoms with Crippen molar-refractivity contribution in [3.05, 3.63) is 71.1 Å². The summed E-state index contributed by atoms with van der Waals surface area (Å²) in [5, 5.41) is 7.05. The molecule has 29 heavy (non-hydrogen) atoms. The first-order valence-corrected chi connectivity index (χ1v) is 8.95. The molecule has 0 bridgehead atoms. The van der Waals surface area contributed by atoms with Crippen LogP contribution in [0.2, 0.25) is 0 Å². The van der Waals surface area contributed by atoms with Gasteiger partial charge in [0, 0.05) is 18.9 Å². The third kappa shape index (κ3) is 4.60. The molecule has 0 unspecified atom stereocenters. The van der Waals surface area contributed by atoms with Crippen molar-refractivity contribution in [1.29, 1.82) is 0 Å². The molecule has 0 aliphatic carbocycles. The number of aromatic nitrogens is 2. The fourth-order valence-electron chi connectivity index (χ4n) is 2.93. The average molecular weight is 401 g/mol. The van der Waals surface area contributed by atoms with E-state index in [0.29, 0.717) is 41.6 Å². The number of carbonyl (C=O) groups is 1. The van der Waals surface area contributed by atoms with Crippen molar-refractivity contribution in [3.63, 3.8) is 0 Å². The first-order valence-electron chi connectivity index (χ1n) is 8.95. The molecule has 0 spiro atoms. The van der Waals surface area contributed by atoms with Gasteiger partial charge in [0.05, 0.1) is 23.6 Å². The summed E-state index contributed by atoms with van der Waals surface area (Å²) in [5.74, 6) is -1.15. The molecule has 1 amide bonds. The fourth-order valence-corrected chi connectivity index (χ4v) is 2.93.